The van der Waals surface area contributed by atoms with Gasteiger partial charge in [-0.05, 0) is 17.5 Å². The second-order valence-corrected chi connectivity index (χ2v) is 5.91. The molecule has 2 atom stereocenters. The molecule has 17 heavy (non-hydrogen) atoms. The summed E-state index contributed by atoms with van der Waals surface area (Å²) in [6.45, 7) is 5.44. The van der Waals surface area contributed by atoms with Crippen molar-refractivity contribution in [2.45, 2.75) is 32.9 Å². The van der Waals surface area contributed by atoms with Crippen LogP contribution in [0.2, 0.25) is 10.0 Å². The predicted octanol–water partition coefficient (Wildman–Crippen LogP) is 3.54. The zero-order chi connectivity index (χ0) is 13.4. The van der Waals surface area contributed by atoms with E-state index in [1.54, 1.807) is 0 Å². The van der Waals surface area contributed by atoms with Crippen molar-refractivity contribution >= 4 is 23.2 Å². The summed E-state index contributed by atoms with van der Waals surface area (Å²) in [6.07, 6.45) is -0.923. The summed E-state index contributed by atoms with van der Waals surface area (Å²) in [6, 6.07) is 1.91. The lowest BCUT2D eigenvalue weighted by atomic mass is 9.82. The van der Waals surface area contributed by atoms with Crippen LogP contribution in [0.4, 0.5) is 4.39 Å². The largest absolute Gasteiger partial charge is 0.391 e. The fourth-order valence-corrected chi connectivity index (χ4v) is 1.98. The van der Waals surface area contributed by atoms with Crippen LogP contribution in [0.1, 0.15) is 32.4 Å². The number of hydrogen-bond donors (Lipinski definition) is 2. The lowest BCUT2D eigenvalue weighted by Gasteiger charge is -2.31. The van der Waals surface area contributed by atoms with Crippen LogP contribution in [-0.4, -0.2) is 11.2 Å². The Morgan fingerprint density at radius 3 is 2.18 bits per heavy atom. The number of hydrogen-bond acceptors (Lipinski definition) is 2. The number of aliphatic hydroxyl groups excluding tert-OH is 1. The SMILES string of the molecule is CC(C)(C)[C@@H](O)[C@@H](N)c1c(Cl)ccc(Cl)c1F. The Hall–Kier alpha value is -0.350. The summed E-state index contributed by atoms with van der Waals surface area (Å²) in [7, 11) is 0. The first-order chi connectivity index (χ1) is 7.66. The molecule has 3 N–H and O–H groups in total. The molecule has 0 saturated heterocycles. The topological polar surface area (TPSA) is 46.2 Å². The molecule has 1 rings (SSSR count). The summed E-state index contributed by atoms with van der Waals surface area (Å²) in [4.78, 5) is 0. The standard InChI is InChI=1S/C12H16Cl2FNO/c1-12(2,3)11(17)10(16)8-6(13)4-5-7(14)9(8)15/h4-5,10-11,17H,16H2,1-3H3/t10-,11-/m0/s1. The molecular weight excluding hydrogens is 264 g/mol. The van der Waals surface area contributed by atoms with Crippen LogP contribution in [0.15, 0.2) is 12.1 Å². The average molecular weight is 280 g/mol. The summed E-state index contributed by atoms with van der Waals surface area (Å²) >= 11 is 11.6. The molecule has 0 radical (unpaired) electrons. The van der Waals surface area contributed by atoms with Crippen molar-refractivity contribution in [3.05, 3.63) is 33.6 Å². The zero-order valence-electron chi connectivity index (χ0n) is 9.97. The van der Waals surface area contributed by atoms with Crippen molar-refractivity contribution in [3.63, 3.8) is 0 Å². The third-order valence-electron chi connectivity index (χ3n) is 2.64. The number of benzene rings is 1. The third-order valence-corrected chi connectivity index (χ3v) is 3.26. The minimum atomic E-state index is -0.923. The first kappa shape index (κ1) is 14.7. The van der Waals surface area contributed by atoms with Crippen LogP contribution in [-0.2, 0) is 0 Å². The molecule has 1 aromatic rings. The molecular formula is C12H16Cl2FNO. The summed E-state index contributed by atoms with van der Waals surface area (Å²) in [5.74, 6) is -0.671. The molecule has 0 aromatic heterocycles. The summed E-state index contributed by atoms with van der Waals surface area (Å²) < 4.78 is 13.9. The van der Waals surface area contributed by atoms with Crippen LogP contribution in [0.5, 0.6) is 0 Å². The van der Waals surface area contributed by atoms with Gasteiger partial charge in [0, 0.05) is 10.6 Å². The summed E-state index contributed by atoms with van der Waals surface area (Å²) in [5, 5.41) is 10.2. The predicted molar refractivity (Wildman–Crippen MR) is 68.8 cm³/mol. The maximum absolute atomic E-state index is 13.9. The van der Waals surface area contributed by atoms with Gasteiger partial charge in [0.1, 0.15) is 5.82 Å². The van der Waals surface area contributed by atoms with E-state index in [1.165, 1.54) is 12.1 Å². The maximum atomic E-state index is 13.9. The molecule has 0 amide bonds. The molecule has 5 heteroatoms. The monoisotopic (exact) mass is 279 g/mol. The Balaban J connectivity index is 3.21. The molecule has 0 heterocycles. The zero-order valence-corrected chi connectivity index (χ0v) is 11.5. The van der Waals surface area contributed by atoms with Crippen LogP contribution in [0, 0.1) is 11.2 Å². The van der Waals surface area contributed by atoms with E-state index in [-0.39, 0.29) is 15.6 Å². The van der Waals surface area contributed by atoms with Crippen LogP contribution in [0.25, 0.3) is 0 Å². The summed E-state index contributed by atoms with van der Waals surface area (Å²) in [5.41, 5.74) is 5.44. The Kier molecular flexibility index (Phi) is 4.42. The Morgan fingerprint density at radius 1 is 1.24 bits per heavy atom. The van der Waals surface area contributed by atoms with E-state index in [0.717, 1.165) is 0 Å². The highest BCUT2D eigenvalue weighted by molar-refractivity contribution is 6.33. The van der Waals surface area contributed by atoms with Gasteiger partial charge < -0.3 is 10.8 Å². The van der Waals surface area contributed by atoms with E-state index < -0.39 is 23.4 Å². The van der Waals surface area contributed by atoms with Crippen molar-refractivity contribution in [1.82, 2.24) is 0 Å². The molecule has 0 bridgehead atoms. The van der Waals surface area contributed by atoms with Crippen LogP contribution < -0.4 is 5.73 Å². The van der Waals surface area contributed by atoms with Crippen LogP contribution >= 0.6 is 23.2 Å². The van der Waals surface area contributed by atoms with Gasteiger partial charge in [0.2, 0.25) is 0 Å². The van der Waals surface area contributed by atoms with E-state index in [2.05, 4.69) is 0 Å². The van der Waals surface area contributed by atoms with E-state index >= 15 is 0 Å². The third kappa shape index (κ3) is 3.10. The molecule has 1 aromatic carbocycles. The molecule has 0 spiro atoms. The molecule has 0 aliphatic carbocycles. The quantitative estimate of drug-likeness (QED) is 0.814. The lowest BCUT2D eigenvalue weighted by molar-refractivity contribution is 0.0392. The molecule has 0 unspecified atom stereocenters. The van der Waals surface area contributed by atoms with E-state index in [4.69, 9.17) is 28.9 Å². The minimum Gasteiger partial charge on any atom is -0.391 e. The first-order valence-electron chi connectivity index (χ1n) is 5.23. The minimum absolute atomic E-state index is 0.0547. The smallest absolute Gasteiger partial charge is 0.148 e. The van der Waals surface area contributed by atoms with Crippen LogP contribution in [0.3, 0.4) is 0 Å². The number of halogens is 3. The van der Waals surface area contributed by atoms with E-state index in [9.17, 15) is 9.50 Å². The maximum Gasteiger partial charge on any atom is 0.148 e. The first-order valence-corrected chi connectivity index (χ1v) is 5.99. The van der Waals surface area contributed by atoms with Crippen molar-refractivity contribution < 1.29 is 9.50 Å². The van der Waals surface area contributed by atoms with E-state index in [1.807, 2.05) is 20.8 Å². The highest BCUT2D eigenvalue weighted by Gasteiger charge is 2.32. The van der Waals surface area contributed by atoms with Gasteiger partial charge in [-0.1, -0.05) is 44.0 Å². The van der Waals surface area contributed by atoms with Crippen molar-refractivity contribution in [3.8, 4) is 0 Å². The average Bonchev–Trinajstić information content (AvgIpc) is 2.21. The molecule has 2 nitrogen and oxygen atoms in total. The highest BCUT2D eigenvalue weighted by Crippen LogP contribution is 2.35. The van der Waals surface area contributed by atoms with Gasteiger partial charge in [0.15, 0.2) is 0 Å². The van der Waals surface area contributed by atoms with Crippen molar-refractivity contribution in [2.75, 3.05) is 0 Å². The molecule has 0 saturated carbocycles. The number of nitrogens with two attached hydrogens (primary N) is 1. The molecule has 0 fully saturated rings. The Labute approximate surface area is 111 Å². The number of aliphatic hydroxyl groups is 1. The van der Waals surface area contributed by atoms with Gasteiger partial charge in [0.05, 0.1) is 17.2 Å². The molecule has 0 aliphatic heterocycles. The van der Waals surface area contributed by atoms with Gasteiger partial charge in [-0.3, -0.25) is 0 Å². The lowest BCUT2D eigenvalue weighted by Crippen LogP contribution is -2.37. The van der Waals surface area contributed by atoms with Gasteiger partial charge in [-0.2, -0.15) is 0 Å². The number of rotatable bonds is 2. The van der Waals surface area contributed by atoms with Gasteiger partial charge >= 0.3 is 0 Å². The second kappa shape index (κ2) is 5.11. The van der Waals surface area contributed by atoms with E-state index in [0.29, 0.717) is 0 Å². The molecule has 96 valence electrons. The van der Waals surface area contributed by atoms with Gasteiger partial charge in [-0.15, -0.1) is 0 Å². The van der Waals surface area contributed by atoms with Gasteiger partial charge in [-0.25, -0.2) is 4.39 Å². The highest BCUT2D eigenvalue weighted by atomic mass is 35.5. The normalized spacial score (nSPS) is 15.8. The van der Waals surface area contributed by atoms with Gasteiger partial charge in [0.25, 0.3) is 0 Å². The second-order valence-electron chi connectivity index (χ2n) is 5.09. The Bertz CT molecular complexity index is 418. The fraction of sp³-hybridized carbons (Fsp3) is 0.500. The molecule has 0 aliphatic rings. The van der Waals surface area contributed by atoms with Crippen molar-refractivity contribution in [2.24, 2.45) is 11.1 Å². The fourth-order valence-electron chi connectivity index (χ4n) is 1.54. The van der Waals surface area contributed by atoms with Crippen molar-refractivity contribution in [1.29, 1.82) is 0 Å². The Morgan fingerprint density at radius 2 is 1.71 bits per heavy atom.